The summed E-state index contributed by atoms with van der Waals surface area (Å²) in [6, 6.07) is 6.55. The van der Waals surface area contributed by atoms with Crippen molar-refractivity contribution in [2.24, 2.45) is 0 Å². The van der Waals surface area contributed by atoms with Crippen LogP contribution in [0.2, 0.25) is 0 Å². The first kappa shape index (κ1) is 15.7. The number of rotatable bonds is 7. The third-order valence-electron chi connectivity index (χ3n) is 2.57. The van der Waals surface area contributed by atoms with Crippen LogP contribution < -0.4 is 10.6 Å². The van der Waals surface area contributed by atoms with E-state index in [1.165, 1.54) is 6.92 Å². The summed E-state index contributed by atoms with van der Waals surface area (Å²) in [4.78, 5) is 32.9. The fourth-order valence-electron chi connectivity index (χ4n) is 1.61. The van der Waals surface area contributed by atoms with E-state index in [0.29, 0.717) is 30.6 Å². The van der Waals surface area contributed by atoms with E-state index in [4.69, 9.17) is 5.11 Å². The van der Waals surface area contributed by atoms with Crippen LogP contribution in [0, 0.1) is 0 Å². The van der Waals surface area contributed by atoms with Gasteiger partial charge in [-0.2, -0.15) is 0 Å². The van der Waals surface area contributed by atoms with Crippen molar-refractivity contribution in [3.05, 3.63) is 29.8 Å². The average Bonchev–Trinajstić information content (AvgIpc) is 2.38. The molecular weight excluding hydrogens is 260 g/mol. The summed E-state index contributed by atoms with van der Waals surface area (Å²) in [5, 5.41) is 13.8. The Hall–Kier alpha value is -2.37. The van der Waals surface area contributed by atoms with Crippen LogP contribution >= 0.6 is 0 Å². The second-order valence-electron chi connectivity index (χ2n) is 4.37. The highest BCUT2D eigenvalue weighted by atomic mass is 16.4. The van der Waals surface area contributed by atoms with E-state index in [-0.39, 0.29) is 18.2 Å². The maximum atomic E-state index is 11.8. The fraction of sp³-hybridized carbons (Fsp3) is 0.357. The van der Waals surface area contributed by atoms with E-state index in [1.807, 2.05) is 0 Å². The minimum absolute atomic E-state index is 0.112. The van der Waals surface area contributed by atoms with Crippen LogP contribution in [-0.4, -0.2) is 29.4 Å². The molecule has 2 amide bonds. The molecule has 6 heteroatoms. The quantitative estimate of drug-likeness (QED) is 0.660. The Morgan fingerprint density at radius 3 is 2.30 bits per heavy atom. The summed E-state index contributed by atoms with van der Waals surface area (Å²) in [6.45, 7) is 1.86. The smallest absolute Gasteiger partial charge is 0.303 e. The standard InChI is InChI=1S/C14H18N2O4/c1-10(17)16-12-7-5-11(6-8-12)14(20)15-9-3-2-4-13(18)19/h5-8H,2-4,9H2,1H3,(H,15,20)(H,16,17)(H,18,19). The Morgan fingerprint density at radius 1 is 1.10 bits per heavy atom. The molecule has 0 aliphatic carbocycles. The first-order chi connectivity index (χ1) is 9.49. The van der Waals surface area contributed by atoms with E-state index < -0.39 is 5.97 Å². The number of unbranched alkanes of at least 4 members (excludes halogenated alkanes) is 1. The number of carboxylic acids is 1. The molecule has 0 spiro atoms. The molecule has 0 saturated heterocycles. The fourth-order valence-corrected chi connectivity index (χ4v) is 1.61. The van der Waals surface area contributed by atoms with Crippen molar-refractivity contribution < 1.29 is 19.5 Å². The topological polar surface area (TPSA) is 95.5 Å². The molecular formula is C14H18N2O4. The highest BCUT2D eigenvalue weighted by Gasteiger charge is 2.05. The largest absolute Gasteiger partial charge is 0.481 e. The molecule has 0 heterocycles. The lowest BCUT2D eigenvalue weighted by Crippen LogP contribution is -2.24. The monoisotopic (exact) mass is 278 g/mol. The molecule has 0 aromatic heterocycles. The molecule has 108 valence electrons. The lowest BCUT2D eigenvalue weighted by molar-refractivity contribution is -0.137. The summed E-state index contributed by atoms with van der Waals surface area (Å²) in [5.74, 6) is -1.21. The number of hydrogen-bond donors (Lipinski definition) is 3. The van der Waals surface area contributed by atoms with Crippen LogP contribution in [0.1, 0.15) is 36.5 Å². The molecule has 20 heavy (non-hydrogen) atoms. The summed E-state index contributed by atoms with van der Waals surface area (Å²) < 4.78 is 0. The highest BCUT2D eigenvalue weighted by molar-refractivity contribution is 5.95. The van der Waals surface area contributed by atoms with Gasteiger partial charge in [-0.25, -0.2) is 0 Å². The van der Waals surface area contributed by atoms with Crippen LogP contribution in [0.15, 0.2) is 24.3 Å². The van der Waals surface area contributed by atoms with Crippen molar-refractivity contribution in [1.82, 2.24) is 5.32 Å². The maximum absolute atomic E-state index is 11.8. The van der Waals surface area contributed by atoms with Crippen LogP contribution in [0.25, 0.3) is 0 Å². The molecule has 3 N–H and O–H groups in total. The normalized spacial score (nSPS) is 9.85. The molecule has 1 aromatic rings. The Balaban J connectivity index is 2.36. The van der Waals surface area contributed by atoms with Crippen molar-refractivity contribution in [3.63, 3.8) is 0 Å². The zero-order chi connectivity index (χ0) is 15.0. The van der Waals surface area contributed by atoms with E-state index in [9.17, 15) is 14.4 Å². The minimum atomic E-state index is -0.829. The van der Waals surface area contributed by atoms with Gasteiger partial charge in [0.1, 0.15) is 0 Å². The van der Waals surface area contributed by atoms with Gasteiger partial charge in [-0.15, -0.1) is 0 Å². The number of carbonyl (C=O) groups excluding carboxylic acids is 2. The third kappa shape index (κ3) is 5.99. The van der Waals surface area contributed by atoms with E-state index in [1.54, 1.807) is 24.3 Å². The highest BCUT2D eigenvalue weighted by Crippen LogP contribution is 2.09. The summed E-state index contributed by atoms with van der Waals surface area (Å²) in [7, 11) is 0. The molecule has 0 radical (unpaired) electrons. The van der Waals surface area contributed by atoms with Crippen molar-refractivity contribution >= 4 is 23.5 Å². The summed E-state index contributed by atoms with van der Waals surface area (Å²) in [6.07, 6.45) is 1.28. The maximum Gasteiger partial charge on any atom is 0.303 e. The van der Waals surface area contributed by atoms with E-state index in [0.717, 1.165) is 0 Å². The van der Waals surface area contributed by atoms with Gasteiger partial charge in [-0.05, 0) is 37.1 Å². The number of anilines is 1. The van der Waals surface area contributed by atoms with Crippen molar-refractivity contribution in [2.45, 2.75) is 26.2 Å². The van der Waals surface area contributed by atoms with Gasteiger partial charge >= 0.3 is 5.97 Å². The molecule has 1 aromatic carbocycles. The second kappa shape index (κ2) is 7.93. The lowest BCUT2D eigenvalue weighted by Gasteiger charge is -2.06. The van der Waals surface area contributed by atoms with Gasteiger partial charge in [-0.1, -0.05) is 0 Å². The van der Waals surface area contributed by atoms with Crippen LogP contribution in [0.5, 0.6) is 0 Å². The number of hydrogen-bond acceptors (Lipinski definition) is 3. The SMILES string of the molecule is CC(=O)Nc1ccc(C(=O)NCCCCC(=O)O)cc1. The molecule has 1 rings (SSSR count). The zero-order valence-corrected chi connectivity index (χ0v) is 11.3. The minimum Gasteiger partial charge on any atom is -0.481 e. The van der Waals surface area contributed by atoms with Gasteiger partial charge in [0.2, 0.25) is 5.91 Å². The van der Waals surface area contributed by atoms with Crippen LogP contribution in [0.3, 0.4) is 0 Å². The molecule has 6 nitrogen and oxygen atoms in total. The number of carbonyl (C=O) groups is 3. The van der Waals surface area contributed by atoms with Gasteiger partial charge in [0, 0.05) is 31.1 Å². The predicted octanol–water partition coefficient (Wildman–Crippen LogP) is 1.63. The molecule has 0 unspecified atom stereocenters. The number of aliphatic carboxylic acids is 1. The van der Waals surface area contributed by atoms with Crippen molar-refractivity contribution in [3.8, 4) is 0 Å². The van der Waals surface area contributed by atoms with E-state index >= 15 is 0 Å². The first-order valence-electron chi connectivity index (χ1n) is 6.36. The summed E-state index contributed by atoms with van der Waals surface area (Å²) >= 11 is 0. The molecule has 0 aliphatic rings. The third-order valence-corrected chi connectivity index (χ3v) is 2.57. The first-order valence-corrected chi connectivity index (χ1v) is 6.36. The number of carboxylic acid groups (broad SMARTS) is 1. The Bertz CT molecular complexity index is 482. The van der Waals surface area contributed by atoms with Gasteiger partial charge in [0.05, 0.1) is 0 Å². The molecule has 0 bridgehead atoms. The summed E-state index contributed by atoms with van der Waals surface area (Å²) in [5.41, 5.74) is 1.13. The van der Waals surface area contributed by atoms with Crippen molar-refractivity contribution in [2.75, 3.05) is 11.9 Å². The predicted molar refractivity (Wildman–Crippen MR) is 74.6 cm³/mol. The Labute approximate surface area is 117 Å². The molecule has 0 aliphatic heterocycles. The molecule has 0 atom stereocenters. The average molecular weight is 278 g/mol. The second-order valence-corrected chi connectivity index (χ2v) is 4.37. The van der Waals surface area contributed by atoms with Gasteiger partial charge in [0.15, 0.2) is 0 Å². The van der Waals surface area contributed by atoms with Crippen LogP contribution in [0.4, 0.5) is 5.69 Å². The van der Waals surface area contributed by atoms with E-state index in [2.05, 4.69) is 10.6 Å². The van der Waals surface area contributed by atoms with Gasteiger partial charge < -0.3 is 15.7 Å². The zero-order valence-electron chi connectivity index (χ0n) is 11.3. The van der Waals surface area contributed by atoms with Crippen molar-refractivity contribution in [1.29, 1.82) is 0 Å². The van der Waals surface area contributed by atoms with Crippen LogP contribution in [-0.2, 0) is 9.59 Å². The lowest BCUT2D eigenvalue weighted by atomic mass is 10.2. The molecule has 0 saturated carbocycles. The number of benzene rings is 1. The molecule has 0 fully saturated rings. The van der Waals surface area contributed by atoms with Gasteiger partial charge in [0.25, 0.3) is 5.91 Å². The number of nitrogens with one attached hydrogen (secondary N) is 2. The van der Waals surface area contributed by atoms with Gasteiger partial charge in [-0.3, -0.25) is 14.4 Å². The Kier molecular flexibility index (Phi) is 6.22. The Morgan fingerprint density at radius 2 is 1.75 bits per heavy atom. The number of amides is 2.